The van der Waals surface area contributed by atoms with E-state index in [9.17, 15) is 19.2 Å². The Morgan fingerprint density at radius 2 is 1.59 bits per heavy atom. The summed E-state index contributed by atoms with van der Waals surface area (Å²) in [6, 6.07) is 6.91. The Bertz CT molecular complexity index is 870. The molecule has 8 nitrogen and oxygen atoms in total. The van der Waals surface area contributed by atoms with Gasteiger partial charge in [-0.3, -0.25) is 19.3 Å². The van der Waals surface area contributed by atoms with Crippen molar-refractivity contribution in [3.63, 3.8) is 0 Å². The van der Waals surface area contributed by atoms with Gasteiger partial charge in [0.05, 0.1) is 0 Å². The van der Waals surface area contributed by atoms with E-state index in [1.165, 1.54) is 11.3 Å². The summed E-state index contributed by atoms with van der Waals surface area (Å²) < 4.78 is 0. The van der Waals surface area contributed by atoms with E-state index in [-0.39, 0.29) is 30.7 Å². The number of nitrogens with one attached hydrogen (secondary N) is 2. The molecule has 1 aromatic rings. The maximum Gasteiger partial charge on any atom is 0.325 e. The van der Waals surface area contributed by atoms with Crippen molar-refractivity contribution >= 4 is 23.8 Å². The molecule has 172 valence electrons. The molecule has 0 aromatic heterocycles. The van der Waals surface area contributed by atoms with Gasteiger partial charge in [-0.25, -0.2) is 4.79 Å². The molecule has 1 spiro atoms. The van der Waals surface area contributed by atoms with Gasteiger partial charge >= 0.3 is 6.03 Å². The summed E-state index contributed by atoms with van der Waals surface area (Å²) in [5.74, 6) is -0.350. The molecule has 0 radical (unpaired) electrons. The fourth-order valence-corrected chi connectivity index (χ4v) is 4.92. The second-order valence-electron chi connectivity index (χ2n) is 9.11. The number of nitrogens with zero attached hydrogens (tertiary/aromatic N) is 2. The second-order valence-corrected chi connectivity index (χ2v) is 9.11. The van der Waals surface area contributed by atoms with Gasteiger partial charge in [0.1, 0.15) is 5.54 Å². The highest BCUT2D eigenvalue weighted by atomic mass is 16.2. The molecule has 1 aliphatic carbocycles. The number of urea groups is 1. The van der Waals surface area contributed by atoms with Crippen molar-refractivity contribution in [1.82, 2.24) is 20.4 Å². The van der Waals surface area contributed by atoms with Crippen LogP contribution in [-0.2, 0) is 16.1 Å². The van der Waals surface area contributed by atoms with Crippen LogP contribution in [0.25, 0.3) is 0 Å². The van der Waals surface area contributed by atoms with Crippen LogP contribution >= 0.6 is 0 Å². The summed E-state index contributed by atoms with van der Waals surface area (Å²) in [6.45, 7) is 2.05. The van der Waals surface area contributed by atoms with Gasteiger partial charge in [0.25, 0.3) is 11.8 Å². The molecule has 32 heavy (non-hydrogen) atoms. The van der Waals surface area contributed by atoms with Crippen LogP contribution in [0.5, 0.6) is 0 Å². The maximum atomic E-state index is 12.8. The molecule has 4 rings (SSSR count). The average molecular weight is 441 g/mol. The number of carbonyl (C=O) groups is 4. The van der Waals surface area contributed by atoms with Gasteiger partial charge in [0.15, 0.2) is 0 Å². The van der Waals surface area contributed by atoms with Crippen LogP contribution < -0.4 is 10.6 Å². The van der Waals surface area contributed by atoms with E-state index in [2.05, 4.69) is 10.6 Å². The summed E-state index contributed by atoms with van der Waals surface area (Å²) in [6.07, 6.45) is 7.67. The average Bonchev–Trinajstić information content (AvgIpc) is 3.05. The molecule has 1 saturated carbocycles. The predicted molar refractivity (Wildman–Crippen MR) is 119 cm³/mol. The van der Waals surface area contributed by atoms with Crippen molar-refractivity contribution in [2.45, 2.75) is 69.9 Å². The summed E-state index contributed by atoms with van der Waals surface area (Å²) in [5.41, 5.74) is 0.806. The van der Waals surface area contributed by atoms with Gasteiger partial charge in [-0.15, -0.1) is 0 Å². The van der Waals surface area contributed by atoms with Crippen LogP contribution in [0.15, 0.2) is 24.3 Å². The lowest BCUT2D eigenvalue weighted by Gasteiger charge is -2.30. The number of piperidine rings is 1. The van der Waals surface area contributed by atoms with E-state index in [1.54, 1.807) is 12.1 Å². The molecule has 2 heterocycles. The monoisotopic (exact) mass is 440 g/mol. The first kappa shape index (κ1) is 22.3. The number of amides is 5. The normalized spacial score (nSPS) is 20.4. The first-order valence-corrected chi connectivity index (χ1v) is 11.8. The van der Waals surface area contributed by atoms with Gasteiger partial charge < -0.3 is 15.5 Å². The van der Waals surface area contributed by atoms with Crippen molar-refractivity contribution in [3.8, 4) is 0 Å². The lowest BCUT2D eigenvalue weighted by atomic mass is 9.82. The van der Waals surface area contributed by atoms with Gasteiger partial charge in [0, 0.05) is 38.2 Å². The van der Waals surface area contributed by atoms with Gasteiger partial charge in [0.2, 0.25) is 5.91 Å². The predicted octanol–water partition coefficient (Wildman–Crippen LogP) is 2.57. The molecular weight excluding hydrogens is 408 g/mol. The Morgan fingerprint density at radius 3 is 2.28 bits per heavy atom. The molecule has 3 aliphatic rings. The van der Waals surface area contributed by atoms with Crippen molar-refractivity contribution in [3.05, 3.63) is 35.4 Å². The zero-order valence-electron chi connectivity index (χ0n) is 18.5. The van der Waals surface area contributed by atoms with E-state index >= 15 is 0 Å². The van der Waals surface area contributed by atoms with E-state index in [0.717, 1.165) is 50.8 Å². The second kappa shape index (κ2) is 9.71. The van der Waals surface area contributed by atoms with Crippen LogP contribution in [0.4, 0.5) is 4.79 Å². The van der Waals surface area contributed by atoms with Crippen LogP contribution in [0, 0.1) is 0 Å². The third-order valence-corrected chi connectivity index (χ3v) is 6.85. The standard InChI is InChI=1S/C24H32N4O4/c29-20(11-16-28-22(31)24(26-23(28)32)12-3-1-4-13-24)25-17-18-7-9-19(10-8-18)21(30)27-14-5-2-6-15-27/h7-10H,1-6,11-17H2,(H,25,29)(H,26,32). The van der Waals surface area contributed by atoms with Crippen molar-refractivity contribution in [1.29, 1.82) is 0 Å². The molecule has 0 bridgehead atoms. The molecule has 8 heteroatoms. The lowest BCUT2D eigenvalue weighted by molar-refractivity contribution is -0.132. The number of rotatable bonds is 6. The largest absolute Gasteiger partial charge is 0.352 e. The highest BCUT2D eigenvalue weighted by molar-refractivity contribution is 6.07. The summed E-state index contributed by atoms with van der Waals surface area (Å²) in [7, 11) is 0. The number of imide groups is 1. The molecule has 0 unspecified atom stereocenters. The fourth-order valence-electron chi connectivity index (χ4n) is 4.92. The zero-order chi connectivity index (χ0) is 22.6. The molecule has 5 amide bonds. The molecule has 2 N–H and O–H groups in total. The Balaban J connectivity index is 1.23. The minimum atomic E-state index is -0.751. The van der Waals surface area contributed by atoms with Crippen LogP contribution in [0.2, 0.25) is 0 Å². The Hall–Kier alpha value is -2.90. The molecule has 1 aromatic carbocycles. The molecule has 3 fully saturated rings. The summed E-state index contributed by atoms with van der Waals surface area (Å²) in [4.78, 5) is 53.0. The number of hydrogen-bond donors (Lipinski definition) is 2. The van der Waals surface area contributed by atoms with Crippen molar-refractivity contribution < 1.29 is 19.2 Å². The Kier molecular flexibility index (Phi) is 6.77. The number of likely N-dealkylation sites (tertiary alicyclic amines) is 1. The van der Waals surface area contributed by atoms with E-state index < -0.39 is 11.6 Å². The Labute approximate surface area is 188 Å². The first-order valence-electron chi connectivity index (χ1n) is 11.8. The third kappa shape index (κ3) is 4.79. The van der Waals surface area contributed by atoms with Crippen LogP contribution in [0.3, 0.4) is 0 Å². The molecule has 2 saturated heterocycles. The lowest BCUT2D eigenvalue weighted by Crippen LogP contribution is -2.48. The van der Waals surface area contributed by atoms with Crippen LogP contribution in [-0.4, -0.2) is 58.7 Å². The van der Waals surface area contributed by atoms with Crippen LogP contribution in [0.1, 0.15) is 73.7 Å². The third-order valence-electron chi connectivity index (χ3n) is 6.85. The summed E-state index contributed by atoms with van der Waals surface area (Å²) in [5, 5.41) is 5.70. The zero-order valence-corrected chi connectivity index (χ0v) is 18.5. The number of carbonyl (C=O) groups excluding carboxylic acids is 4. The van der Waals surface area contributed by atoms with E-state index in [1.807, 2.05) is 17.0 Å². The Morgan fingerprint density at radius 1 is 0.938 bits per heavy atom. The van der Waals surface area contributed by atoms with E-state index in [4.69, 9.17) is 0 Å². The molecule has 0 atom stereocenters. The molecule has 2 aliphatic heterocycles. The number of benzene rings is 1. The highest BCUT2D eigenvalue weighted by Gasteiger charge is 2.51. The van der Waals surface area contributed by atoms with Crippen molar-refractivity contribution in [2.24, 2.45) is 0 Å². The fraction of sp³-hybridized carbons (Fsp3) is 0.583. The minimum Gasteiger partial charge on any atom is -0.352 e. The van der Waals surface area contributed by atoms with Crippen molar-refractivity contribution in [2.75, 3.05) is 19.6 Å². The SMILES string of the molecule is O=C(CCN1C(=O)NC2(CCCCC2)C1=O)NCc1ccc(C(=O)N2CCCCC2)cc1. The molecular formula is C24H32N4O4. The number of hydrogen-bond acceptors (Lipinski definition) is 4. The highest BCUT2D eigenvalue weighted by Crippen LogP contribution is 2.33. The topological polar surface area (TPSA) is 98.8 Å². The summed E-state index contributed by atoms with van der Waals surface area (Å²) >= 11 is 0. The smallest absolute Gasteiger partial charge is 0.325 e. The first-order chi connectivity index (χ1) is 15.5. The minimum absolute atomic E-state index is 0.0598. The van der Waals surface area contributed by atoms with Gasteiger partial charge in [-0.2, -0.15) is 0 Å². The van der Waals surface area contributed by atoms with E-state index in [0.29, 0.717) is 24.9 Å². The van der Waals surface area contributed by atoms with Gasteiger partial charge in [-0.05, 0) is 49.8 Å². The quantitative estimate of drug-likeness (QED) is 0.664. The van der Waals surface area contributed by atoms with Gasteiger partial charge in [-0.1, -0.05) is 31.4 Å². The maximum absolute atomic E-state index is 12.8.